The molecule has 2 aromatic rings. The predicted molar refractivity (Wildman–Crippen MR) is 76.0 cm³/mol. The van der Waals surface area contributed by atoms with Crippen LogP contribution in [0.5, 0.6) is 0 Å². The second-order valence-electron chi connectivity index (χ2n) is 4.68. The lowest BCUT2D eigenvalue weighted by Crippen LogP contribution is -1.96. The van der Waals surface area contributed by atoms with Gasteiger partial charge in [0.05, 0.1) is 0 Å². The lowest BCUT2D eigenvalue weighted by atomic mass is 9.96. The molecule has 0 unspecified atom stereocenters. The van der Waals surface area contributed by atoms with Crippen LogP contribution in [0, 0.1) is 13.8 Å². The number of ketones is 1. The molecule has 0 aliphatic rings. The quantitative estimate of drug-likeness (QED) is 0.716. The second kappa shape index (κ2) is 5.18. The van der Waals surface area contributed by atoms with Crippen LogP contribution in [-0.2, 0) is 0 Å². The Bertz CT molecular complexity index is 582. The fraction of sp³-hybridized carbons (Fsp3) is 0.235. The molecule has 0 saturated heterocycles. The summed E-state index contributed by atoms with van der Waals surface area (Å²) in [6, 6.07) is 14.3. The van der Waals surface area contributed by atoms with Crippen molar-refractivity contribution in [2.45, 2.75) is 27.2 Å². The Morgan fingerprint density at radius 1 is 1.06 bits per heavy atom. The van der Waals surface area contributed by atoms with Crippen LogP contribution < -0.4 is 0 Å². The summed E-state index contributed by atoms with van der Waals surface area (Å²) in [5.41, 5.74) is 5.61. The highest BCUT2D eigenvalue weighted by atomic mass is 16.1. The fourth-order valence-corrected chi connectivity index (χ4v) is 2.11. The van der Waals surface area contributed by atoms with E-state index in [1.54, 1.807) is 0 Å². The minimum absolute atomic E-state index is 0.196. The van der Waals surface area contributed by atoms with Gasteiger partial charge in [-0.1, -0.05) is 48.9 Å². The molecule has 0 bridgehead atoms. The third-order valence-electron chi connectivity index (χ3n) is 3.21. The Labute approximate surface area is 108 Å². The zero-order valence-corrected chi connectivity index (χ0v) is 11.2. The minimum Gasteiger partial charge on any atom is -0.294 e. The van der Waals surface area contributed by atoms with Gasteiger partial charge >= 0.3 is 0 Å². The average Bonchev–Trinajstić information content (AvgIpc) is 2.40. The van der Waals surface area contributed by atoms with Crippen molar-refractivity contribution >= 4 is 5.78 Å². The predicted octanol–water partition coefficient (Wildman–Crippen LogP) is 4.56. The van der Waals surface area contributed by atoms with Gasteiger partial charge in [0, 0.05) is 12.0 Å². The molecule has 2 aromatic carbocycles. The van der Waals surface area contributed by atoms with E-state index in [9.17, 15) is 4.79 Å². The van der Waals surface area contributed by atoms with Crippen LogP contribution in [0.1, 0.15) is 34.8 Å². The monoisotopic (exact) mass is 238 g/mol. The van der Waals surface area contributed by atoms with E-state index < -0.39 is 0 Å². The highest BCUT2D eigenvalue weighted by Gasteiger charge is 2.06. The molecule has 0 aliphatic carbocycles. The van der Waals surface area contributed by atoms with Crippen LogP contribution in [0.4, 0.5) is 0 Å². The van der Waals surface area contributed by atoms with Crippen LogP contribution in [0.3, 0.4) is 0 Å². The van der Waals surface area contributed by atoms with Crippen molar-refractivity contribution in [2.24, 2.45) is 0 Å². The summed E-state index contributed by atoms with van der Waals surface area (Å²) >= 11 is 0. The van der Waals surface area contributed by atoms with Crippen molar-refractivity contribution in [1.29, 1.82) is 0 Å². The van der Waals surface area contributed by atoms with E-state index in [1.165, 1.54) is 16.7 Å². The molecule has 18 heavy (non-hydrogen) atoms. The van der Waals surface area contributed by atoms with Gasteiger partial charge in [0.1, 0.15) is 0 Å². The first-order valence-corrected chi connectivity index (χ1v) is 6.32. The van der Waals surface area contributed by atoms with E-state index in [4.69, 9.17) is 0 Å². The third-order valence-corrected chi connectivity index (χ3v) is 3.21. The number of hydrogen-bond acceptors (Lipinski definition) is 1. The number of rotatable bonds is 3. The molecule has 0 aliphatic heterocycles. The molecule has 0 fully saturated rings. The van der Waals surface area contributed by atoms with Crippen LogP contribution in [0.25, 0.3) is 11.1 Å². The van der Waals surface area contributed by atoms with E-state index in [2.05, 4.69) is 38.1 Å². The van der Waals surface area contributed by atoms with Crippen molar-refractivity contribution < 1.29 is 4.79 Å². The lowest BCUT2D eigenvalue weighted by molar-refractivity contribution is 0.0988. The van der Waals surface area contributed by atoms with Crippen molar-refractivity contribution in [3.63, 3.8) is 0 Å². The maximum absolute atomic E-state index is 11.7. The number of aryl methyl sites for hydroxylation is 2. The Morgan fingerprint density at radius 2 is 1.83 bits per heavy atom. The summed E-state index contributed by atoms with van der Waals surface area (Å²) in [5.74, 6) is 0.196. The molecule has 1 nitrogen and oxygen atoms in total. The number of carbonyl (C=O) groups is 1. The number of hydrogen-bond donors (Lipinski definition) is 0. The summed E-state index contributed by atoms with van der Waals surface area (Å²) in [7, 11) is 0. The van der Waals surface area contributed by atoms with E-state index in [0.29, 0.717) is 6.42 Å². The molecular formula is C17H18O. The van der Waals surface area contributed by atoms with E-state index in [1.807, 2.05) is 25.1 Å². The summed E-state index contributed by atoms with van der Waals surface area (Å²) in [5, 5.41) is 0. The molecule has 2 rings (SSSR count). The second-order valence-corrected chi connectivity index (χ2v) is 4.68. The van der Waals surface area contributed by atoms with Crippen LogP contribution in [-0.4, -0.2) is 5.78 Å². The van der Waals surface area contributed by atoms with Gasteiger partial charge in [0.15, 0.2) is 5.78 Å². The van der Waals surface area contributed by atoms with Gasteiger partial charge in [-0.15, -0.1) is 0 Å². The van der Waals surface area contributed by atoms with Crippen molar-refractivity contribution in [2.75, 3.05) is 0 Å². The van der Waals surface area contributed by atoms with Gasteiger partial charge in [-0.3, -0.25) is 4.79 Å². The first kappa shape index (κ1) is 12.6. The first-order chi connectivity index (χ1) is 8.61. The standard InChI is InChI=1S/C17H18O/c1-4-17(18)15-7-5-6-14(11-15)16-10-12(2)8-9-13(16)3/h5-11H,4H2,1-3H3. The molecule has 0 saturated carbocycles. The van der Waals surface area contributed by atoms with Gasteiger partial charge in [-0.2, -0.15) is 0 Å². The van der Waals surface area contributed by atoms with E-state index in [0.717, 1.165) is 11.1 Å². The zero-order chi connectivity index (χ0) is 13.1. The van der Waals surface area contributed by atoms with Crippen molar-refractivity contribution in [3.05, 3.63) is 59.2 Å². The molecule has 0 N–H and O–H groups in total. The van der Waals surface area contributed by atoms with Crippen LogP contribution >= 0.6 is 0 Å². The summed E-state index contributed by atoms with van der Waals surface area (Å²) < 4.78 is 0. The largest absolute Gasteiger partial charge is 0.294 e. The minimum atomic E-state index is 0.196. The van der Waals surface area contributed by atoms with Gasteiger partial charge in [-0.25, -0.2) is 0 Å². The SMILES string of the molecule is CCC(=O)c1cccc(-c2cc(C)ccc2C)c1. The molecule has 0 atom stereocenters. The van der Waals surface area contributed by atoms with Crippen molar-refractivity contribution in [3.8, 4) is 11.1 Å². The van der Waals surface area contributed by atoms with Gasteiger partial charge in [-0.05, 0) is 36.6 Å². The van der Waals surface area contributed by atoms with E-state index in [-0.39, 0.29) is 5.78 Å². The summed E-state index contributed by atoms with van der Waals surface area (Å²) in [6.07, 6.45) is 0.552. The van der Waals surface area contributed by atoms with Crippen LogP contribution in [0.15, 0.2) is 42.5 Å². The molecule has 0 spiro atoms. The highest BCUT2D eigenvalue weighted by Crippen LogP contribution is 2.25. The average molecular weight is 238 g/mol. The van der Waals surface area contributed by atoms with E-state index >= 15 is 0 Å². The number of Topliss-reactive ketones (excluding diaryl/α,β-unsaturated/α-hetero) is 1. The topological polar surface area (TPSA) is 17.1 Å². The normalized spacial score (nSPS) is 10.4. The van der Waals surface area contributed by atoms with Gasteiger partial charge < -0.3 is 0 Å². The summed E-state index contributed by atoms with van der Waals surface area (Å²) in [6.45, 7) is 6.08. The molecule has 1 heteroatoms. The molecular weight excluding hydrogens is 220 g/mol. The molecule has 92 valence electrons. The van der Waals surface area contributed by atoms with Gasteiger partial charge in [0.2, 0.25) is 0 Å². The number of carbonyl (C=O) groups excluding carboxylic acids is 1. The fourth-order valence-electron chi connectivity index (χ4n) is 2.11. The number of benzene rings is 2. The Hall–Kier alpha value is -1.89. The Balaban J connectivity index is 2.51. The Morgan fingerprint density at radius 3 is 2.56 bits per heavy atom. The molecule has 0 aromatic heterocycles. The summed E-state index contributed by atoms with van der Waals surface area (Å²) in [4.78, 5) is 11.7. The zero-order valence-electron chi connectivity index (χ0n) is 11.2. The smallest absolute Gasteiger partial charge is 0.162 e. The molecule has 0 heterocycles. The maximum Gasteiger partial charge on any atom is 0.162 e. The first-order valence-electron chi connectivity index (χ1n) is 6.32. The maximum atomic E-state index is 11.7. The lowest BCUT2D eigenvalue weighted by Gasteiger charge is -2.08. The van der Waals surface area contributed by atoms with Crippen LogP contribution in [0.2, 0.25) is 0 Å². The highest BCUT2D eigenvalue weighted by molar-refractivity contribution is 5.97. The third kappa shape index (κ3) is 2.51. The molecule has 0 radical (unpaired) electrons. The molecule has 0 amide bonds. The Kier molecular flexibility index (Phi) is 3.61. The van der Waals surface area contributed by atoms with Crippen molar-refractivity contribution in [1.82, 2.24) is 0 Å². The van der Waals surface area contributed by atoms with Gasteiger partial charge in [0.25, 0.3) is 0 Å².